The maximum Gasteiger partial charge on any atom is 0.249 e. The third-order valence-corrected chi connectivity index (χ3v) is 3.95. The molecule has 0 atom stereocenters. The molecule has 2 aromatic carbocycles. The van der Waals surface area contributed by atoms with Crippen molar-refractivity contribution >= 4 is 46.3 Å². The fourth-order valence-electron chi connectivity index (χ4n) is 2.00. The lowest BCUT2D eigenvalue weighted by Gasteiger charge is -2.18. The number of hydrogen-bond acceptors (Lipinski definition) is 5. The van der Waals surface area contributed by atoms with Gasteiger partial charge in [0.1, 0.15) is 0 Å². The Balaban J connectivity index is 1.83. The zero-order chi connectivity index (χ0) is 16.2. The van der Waals surface area contributed by atoms with Crippen LogP contribution in [0.3, 0.4) is 0 Å². The monoisotopic (exact) mass is 345 g/mol. The van der Waals surface area contributed by atoms with E-state index in [-0.39, 0.29) is 0 Å². The summed E-state index contributed by atoms with van der Waals surface area (Å²) in [6, 6.07) is 15.1. The molecule has 3 rings (SSSR count). The van der Waals surface area contributed by atoms with Gasteiger partial charge in [0.2, 0.25) is 5.95 Å². The molecule has 5 nitrogen and oxygen atoms in total. The summed E-state index contributed by atoms with van der Waals surface area (Å²) in [5.41, 5.74) is 1.74. The average molecular weight is 346 g/mol. The van der Waals surface area contributed by atoms with Crippen molar-refractivity contribution in [3.63, 3.8) is 0 Å². The van der Waals surface area contributed by atoms with Crippen LogP contribution in [0.2, 0.25) is 10.0 Å². The number of hydrogen-bond donors (Lipinski definition) is 1. The molecule has 0 amide bonds. The lowest BCUT2D eigenvalue weighted by Crippen LogP contribution is -2.13. The van der Waals surface area contributed by atoms with Crippen LogP contribution in [0.25, 0.3) is 0 Å². The molecule has 0 radical (unpaired) electrons. The van der Waals surface area contributed by atoms with E-state index in [1.165, 1.54) is 0 Å². The summed E-state index contributed by atoms with van der Waals surface area (Å²) in [6.07, 6.45) is 1.60. The number of nitrogens with zero attached hydrogens (tertiary/aromatic N) is 4. The number of para-hydroxylation sites is 1. The molecule has 0 bridgehead atoms. The van der Waals surface area contributed by atoms with Crippen molar-refractivity contribution in [1.82, 2.24) is 15.2 Å². The van der Waals surface area contributed by atoms with E-state index in [4.69, 9.17) is 23.2 Å². The van der Waals surface area contributed by atoms with E-state index >= 15 is 0 Å². The largest absolute Gasteiger partial charge is 0.328 e. The first-order valence-corrected chi connectivity index (χ1v) is 7.59. The number of halogens is 2. The molecule has 1 heterocycles. The maximum atomic E-state index is 6.01. The Kier molecular flexibility index (Phi) is 4.60. The van der Waals surface area contributed by atoms with Crippen molar-refractivity contribution in [3.8, 4) is 0 Å². The van der Waals surface area contributed by atoms with Crippen LogP contribution >= 0.6 is 23.2 Å². The summed E-state index contributed by atoms with van der Waals surface area (Å²) in [5.74, 6) is 1.05. The van der Waals surface area contributed by atoms with Gasteiger partial charge in [-0.3, -0.25) is 0 Å². The van der Waals surface area contributed by atoms with Crippen molar-refractivity contribution in [1.29, 1.82) is 0 Å². The first-order valence-electron chi connectivity index (χ1n) is 6.84. The molecule has 7 heteroatoms. The minimum Gasteiger partial charge on any atom is -0.328 e. The van der Waals surface area contributed by atoms with Gasteiger partial charge in [-0.15, -0.1) is 5.10 Å². The highest BCUT2D eigenvalue weighted by atomic mass is 35.5. The van der Waals surface area contributed by atoms with Gasteiger partial charge in [-0.1, -0.05) is 41.4 Å². The molecule has 1 N–H and O–H groups in total. The standard InChI is InChI=1S/C16H13Cl2N5/c1-23(12-5-3-2-4-6-12)15-10-19-22-16(21-15)20-11-7-8-13(17)14(18)9-11/h2-10H,1H3,(H,20,21,22). The lowest BCUT2D eigenvalue weighted by atomic mass is 10.3. The quantitative estimate of drug-likeness (QED) is 0.743. The van der Waals surface area contributed by atoms with Gasteiger partial charge in [-0.2, -0.15) is 10.1 Å². The topological polar surface area (TPSA) is 53.9 Å². The Morgan fingerprint density at radius 2 is 1.78 bits per heavy atom. The number of nitrogens with one attached hydrogen (secondary N) is 1. The Hall–Kier alpha value is -2.37. The third-order valence-electron chi connectivity index (χ3n) is 3.21. The van der Waals surface area contributed by atoms with Crippen LogP contribution in [0.1, 0.15) is 0 Å². The summed E-state index contributed by atoms with van der Waals surface area (Å²) in [7, 11) is 1.92. The Labute approximate surface area is 143 Å². The summed E-state index contributed by atoms with van der Waals surface area (Å²) >= 11 is 11.9. The van der Waals surface area contributed by atoms with Crippen LogP contribution in [0.15, 0.2) is 54.7 Å². The van der Waals surface area contributed by atoms with E-state index in [1.54, 1.807) is 24.4 Å². The first-order chi connectivity index (χ1) is 11.1. The third kappa shape index (κ3) is 3.70. The van der Waals surface area contributed by atoms with Gasteiger partial charge in [0.25, 0.3) is 0 Å². The van der Waals surface area contributed by atoms with Gasteiger partial charge < -0.3 is 10.2 Å². The predicted molar refractivity (Wildman–Crippen MR) is 94.1 cm³/mol. The molecule has 0 aliphatic carbocycles. The smallest absolute Gasteiger partial charge is 0.249 e. The van der Waals surface area contributed by atoms with Crippen LogP contribution < -0.4 is 10.2 Å². The molecule has 0 unspecified atom stereocenters. The molecule has 116 valence electrons. The molecular formula is C16H13Cl2N5. The summed E-state index contributed by atoms with van der Waals surface area (Å²) in [6.45, 7) is 0. The first kappa shape index (κ1) is 15.5. The maximum absolute atomic E-state index is 6.01. The normalized spacial score (nSPS) is 10.4. The molecule has 0 aliphatic heterocycles. The van der Waals surface area contributed by atoms with E-state index < -0.39 is 0 Å². The van der Waals surface area contributed by atoms with Crippen molar-refractivity contribution in [2.45, 2.75) is 0 Å². The Bertz CT molecular complexity index is 811. The summed E-state index contributed by atoms with van der Waals surface area (Å²) in [4.78, 5) is 6.39. The van der Waals surface area contributed by atoms with Gasteiger partial charge in [-0.05, 0) is 30.3 Å². The molecule has 1 aromatic heterocycles. The zero-order valence-electron chi connectivity index (χ0n) is 12.2. The second-order valence-electron chi connectivity index (χ2n) is 4.79. The Morgan fingerprint density at radius 3 is 2.52 bits per heavy atom. The zero-order valence-corrected chi connectivity index (χ0v) is 13.8. The van der Waals surface area contributed by atoms with E-state index in [0.29, 0.717) is 21.8 Å². The fourth-order valence-corrected chi connectivity index (χ4v) is 2.29. The molecular weight excluding hydrogens is 333 g/mol. The van der Waals surface area contributed by atoms with E-state index in [2.05, 4.69) is 20.5 Å². The van der Waals surface area contributed by atoms with Crippen molar-refractivity contribution < 1.29 is 0 Å². The van der Waals surface area contributed by atoms with E-state index in [9.17, 15) is 0 Å². The SMILES string of the molecule is CN(c1ccccc1)c1cnnc(Nc2ccc(Cl)c(Cl)c2)n1. The Morgan fingerprint density at radius 1 is 1.00 bits per heavy atom. The highest BCUT2D eigenvalue weighted by molar-refractivity contribution is 6.42. The number of anilines is 4. The second kappa shape index (κ2) is 6.81. The summed E-state index contributed by atoms with van der Waals surface area (Å²) in [5, 5.41) is 12.0. The van der Waals surface area contributed by atoms with Crippen LogP contribution in [-0.4, -0.2) is 22.2 Å². The molecule has 0 fully saturated rings. The molecule has 23 heavy (non-hydrogen) atoms. The van der Waals surface area contributed by atoms with Crippen molar-refractivity contribution in [2.75, 3.05) is 17.3 Å². The van der Waals surface area contributed by atoms with Gasteiger partial charge in [0.05, 0.1) is 16.2 Å². The minimum absolute atomic E-state index is 0.378. The van der Waals surface area contributed by atoms with Gasteiger partial charge in [0.15, 0.2) is 5.82 Å². The summed E-state index contributed by atoms with van der Waals surface area (Å²) < 4.78 is 0. The second-order valence-corrected chi connectivity index (χ2v) is 5.60. The van der Waals surface area contributed by atoms with Crippen LogP contribution in [-0.2, 0) is 0 Å². The molecule has 0 saturated heterocycles. The van der Waals surface area contributed by atoms with Crippen molar-refractivity contribution in [2.24, 2.45) is 0 Å². The number of aromatic nitrogens is 3. The van der Waals surface area contributed by atoms with E-state index in [0.717, 1.165) is 11.4 Å². The van der Waals surface area contributed by atoms with Crippen molar-refractivity contribution in [3.05, 3.63) is 64.8 Å². The minimum atomic E-state index is 0.378. The molecule has 0 aliphatic rings. The number of benzene rings is 2. The lowest BCUT2D eigenvalue weighted by molar-refractivity contribution is 0.957. The predicted octanol–water partition coefficient (Wildman–Crippen LogP) is 4.69. The van der Waals surface area contributed by atoms with Crippen LogP contribution in [0, 0.1) is 0 Å². The van der Waals surface area contributed by atoms with Gasteiger partial charge >= 0.3 is 0 Å². The molecule has 0 spiro atoms. The van der Waals surface area contributed by atoms with Gasteiger partial charge in [-0.25, -0.2) is 0 Å². The van der Waals surface area contributed by atoms with E-state index in [1.807, 2.05) is 42.3 Å². The van der Waals surface area contributed by atoms with Crippen LogP contribution in [0.5, 0.6) is 0 Å². The molecule has 0 saturated carbocycles. The highest BCUT2D eigenvalue weighted by Crippen LogP contribution is 2.27. The van der Waals surface area contributed by atoms with Crippen LogP contribution in [0.4, 0.5) is 23.1 Å². The number of rotatable bonds is 4. The average Bonchev–Trinajstić information content (AvgIpc) is 2.58. The highest BCUT2D eigenvalue weighted by Gasteiger charge is 2.08. The fraction of sp³-hybridized carbons (Fsp3) is 0.0625. The molecule has 3 aromatic rings. The van der Waals surface area contributed by atoms with Gasteiger partial charge in [0, 0.05) is 18.4 Å².